The summed E-state index contributed by atoms with van der Waals surface area (Å²) in [7, 11) is -6.94. The van der Waals surface area contributed by atoms with Crippen LogP contribution < -0.4 is 0 Å². The van der Waals surface area contributed by atoms with E-state index in [2.05, 4.69) is 4.18 Å². The highest BCUT2D eigenvalue weighted by Gasteiger charge is 2.44. The van der Waals surface area contributed by atoms with E-state index in [-0.39, 0.29) is 17.5 Å². The van der Waals surface area contributed by atoms with Gasteiger partial charge in [0.15, 0.2) is 0 Å². The summed E-state index contributed by atoms with van der Waals surface area (Å²) < 4.78 is 52.1. The van der Waals surface area contributed by atoms with Crippen LogP contribution in [0.25, 0.3) is 0 Å². The minimum atomic E-state index is -3.47. The van der Waals surface area contributed by atoms with Crippen LogP contribution in [0.5, 0.6) is 0 Å². The van der Waals surface area contributed by atoms with Crippen LogP contribution >= 0.6 is 0 Å². The summed E-state index contributed by atoms with van der Waals surface area (Å²) in [6, 6.07) is 6.47. The van der Waals surface area contributed by atoms with Gasteiger partial charge in [-0.05, 0) is 25.5 Å². The normalized spacial score (nSPS) is 22.7. The standard InChI is InChI=1S/C12H17NO5S2/c1-10-3-5-12(6-4-10)20(16,17)13-9-11(13)7-8-18-19(2,14)15/h3-6,11H,7-9H2,1-2H3. The summed E-state index contributed by atoms with van der Waals surface area (Å²) in [5, 5.41) is 0. The molecule has 0 aromatic heterocycles. The molecule has 2 atom stereocenters. The fourth-order valence-corrected chi connectivity index (χ4v) is 3.89. The van der Waals surface area contributed by atoms with Crippen molar-refractivity contribution >= 4 is 20.1 Å². The van der Waals surface area contributed by atoms with Crippen LogP contribution in [-0.4, -0.2) is 46.6 Å². The molecular formula is C12H17NO5S2. The van der Waals surface area contributed by atoms with E-state index in [0.29, 0.717) is 13.0 Å². The third-order valence-corrected chi connectivity index (χ3v) is 5.57. The van der Waals surface area contributed by atoms with Crippen LogP contribution in [-0.2, 0) is 24.3 Å². The molecule has 1 aliphatic heterocycles. The third-order valence-electron chi connectivity index (χ3n) is 3.04. The van der Waals surface area contributed by atoms with Gasteiger partial charge in [0.25, 0.3) is 10.1 Å². The summed E-state index contributed by atoms with van der Waals surface area (Å²) in [5.41, 5.74) is 0.993. The van der Waals surface area contributed by atoms with E-state index in [1.54, 1.807) is 24.3 Å². The first kappa shape index (κ1) is 15.4. The number of nitrogens with zero attached hydrogens (tertiary/aromatic N) is 1. The van der Waals surface area contributed by atoms with Gasteiger partial charge in [-0.2, -0.15) is 12.7 Å². The molecule has 0 aliphatic carbocycles. The molecule has 2 unspecified atom stereocenters. The molecule has 2 rings (SSSR count). The van der Waals surface area contributed by atoms with Gasteiger partial charge in [-0.15, -0.1) is 0 Å². The van der Waals surface area contributed by atoms with Crippen molar-refractivity contribution in [3.63, 3.8) is 0 Å². The zero-order valence-corrected chi connectivity index (χ0v) is 12.9. The van der Waals surface area contributed by atoms with Crippen LogP contribution in [0.2, 0.25) is 0 Å². The highest BCUT2D eigenvalue weighted by atomic mass is 32.2. The third kappa shape index (κ3) is 3.78. The highest BCUT2D eigenvalue weighted by Crippen LogP contribution is 2.30. The second-order valence-corrected chi connectivity index (χ2v) is 8.39. The Balaban J connectivity index is 1.95. The SMILES string of the molecule is Cc1ccc(S(=O)(=O)N2CC2CCOS(C)(=O)=O)cc1. The van der Waals surface area contributed by atoms with Crippen LogP contribution in [0.15, 0.2) is 29.2 Å². The quantitative estimate of drug-likeness (QED) is 0.570. The van der Waals surface area contributed by atoms with E-state index >= 15 is 0 Å². The molecule has 1 aromatic rings. The largest absolute Gasteiger partial charge is 0.270 e. The molecule has 8 heteroatoms. The van der Waals surface area contributed by atoms with Crippen LogP contribution in [0.1, 0.15) is 12.0 Å². The molecule has 1 fully saturated rings. The van der Waals surface area contributed by atoms with Gasteiger partial charge in [-0.3, -0.25) is 4.18 Å². The molecule has 112 valence electrons. The smallest absolute Gasteiger partial charge is 0.264 e. The molecule has 1 heterocycles. The first-order valence-corrected chi connectivity index (χ1v) is 9.39. The van der Waals surface area contributed by atoms with Crippen molar-refractivity contribution in [2.24, 2.45) is 0 Å². The topological polar surface area (TPSA) is 80.5 Å². The molecular weight excluding hydrogens is 302 g/mol. The van der Waals surface area contributed by atoms with Crippen LogP contribution in [0.3, 0.4) is 0 Å². The van der Waals surface area contributed by atoms with Gasteiger partial charge in [-0.1, -0.05) is 17.7 Å². The van der Waals surface area contributed by atoms with Gasteiger partial charge in [0.2, 0.25) is 10.0 Å². The van der Waals surface area contributed by atoms with Gasteiger partial charge in [-0.25, -0.2) is 8.42 Å². The molecule has 20 heavy (non-hydrogen) atoms. The summed E-state index contributed by atoms with van der Waals surface area (Å²) in [6.07, 6.45) is 1.35. The Kier molecular flexibility index (Phi) is 4.19. The minimum Gasteiger partial charge on any atom is -0.270 e. The first-order valence-electron chi connectivity index (χ1n) is 6.13. The van der Waals surface area contributed by atoms with E-state index in [1.165, 1.54) is 4.31 Å². The lowest BCUT2D eigenvalue weighted by Gasteiger charge is -2.06. The van der Waals surface area contributed by atoms with Gasteiger partial charge >= 0.3 is 0 Å². The number of sulfonamides is 1. The molecule has 0 bridgehead atoms. The van der Waals surface area contributed by atoms with Crippen molar-refractivity contribution in [1.29, 1.82) is 0 Å². The Morgan fingerprint density at radius 1 is 1.20 bits per heavy atom. The molecule has 6 nitrogen and oxygen atoms in total. The lowest BCUT2D eigenvalue weighted by Crippen LogP contribution is -2.16. The van der Waals surface area contributed by atoms with Crippen LogP contribution in [0.4, 0.5) is 0 Å². The van der Waals surface area contributed by atoms with Crippen LogP contribution in [0, 0.1) is 6.92 Å². The lowest BCUT2D eigenvalue weighted by atomic mass is 10.2. The second-order valence-electron chi connectivity index (χ2n) is 4.86. The van der Waals surface area contributed by atoms with Crippen molar-refractivity contribution in [1.82, 2.24) is 4.31 Å². The van der Waals surface area contributed by atoms with Gasteiger partial charge < -0.3 is 0 Å². The van der Waals surface area contributed by atoms with Crippen molar-refractivity contribution in [3.05, 3.63) is 29.8 Å². The number of hydrogen-bond acceptors (Lipinski definition) is 5. The summed E-state index contributed by atoms with van der Waals surface area (Å²) >= 11 is 0. The monoisotopic (exact) mass is 319 g/mol. The summed E-state index contributed by atoms with van der Waals surface area (Å²) in [5.74, 6) is 0. The van der Waals surface area contributed by atoms with E-state index in [1.807, 2.05) is 6.92 Å². The van der Waals surface area contributed by atoms with Gasteiger partial charge in [0.1, 0.15) is 0 Å². The maximum atomic E-state index is 12.2. The molecule has 1 aromatic carbocycles. The molecule has 1 saturated heterocycles. The molecule has 0 radical (unpaired) electrons. The molecule has 0 spiro atoms. The lowest BCUT2D eigenvalue weighted by molar-refractivity contribution is 0.312. The highest BCUT2D eigenvalue weighted by molar-refractivity contribution is 7.89. The Hall–Kier alpha value is -0.960. The predicted octanol–water partition coefficient (Wildman–Crippen LogP) is 0.734. The zero-order chi connectivity index (χ0) is 15.0. The zero-order valence-electron chi connectivity index (χ0n) is 11.3. The molecule has 0 amide bonds. The Morgan fingerprint density at radius 2 is 1.80 bits per heavy atom. The molecule has 0 N–H and O–H groups in total. The Labute approximate surface area is 119 Å². The van der Waals surface area contributed by atoms with Gasteiger partial charge in [0, 0.05) is 12.6 Å². The average Bonchev–Trinajstić information content (AvgIpc) is 3.08. The Morgan fingerprint density at radius 3 is 2.35 bits per heavy atom. The predicted molar refractivity (Wildman–Crippen MR) is 74.3 cm³/mol. The second kappa shape index (κ2) is 5.44. The van der Waals surface area contributed by atoms with Crippen molar-refractivity contribution in [3.8, 4) is 0 Å². The fourth-order valence-electron chi connectivity index (χ4n) is 1.87. The number of hydrogen-bond donors (Lipinski definition) is 0. The molecule has 0 saturated carbocycles. The van der Waals surface area contributed by atoms with Crippen molar-refractivity contribution in [2.75, 3.05) is 19.4 Å². The summed E-state index contributed by atoms with van der Waals surface area (Å²) in [4.78, 5) is 0.259. The van der Waals surface area contributed by atoms with Crippen molar-refractivity contribution < 1.29 is 21.0 Å². The minimum absolute atomic E-state index is 0.00339. The molecule has 1 aliphatic rings. The van der Waals surface area contributed by atoms with E-state index in [4.69, 9.17) is 0 Å². The van der Waals surface area contributed by atoms with E-state index in [9.17, 15) is 16.8 Å². The van der Waals surface area contributed by atoms with E-state index in [0.717, 1.165) is 11.8 Å². The number of aryl methyl sites for hydroxylation is 1. The van der Waals surface area contributed by atoms with E-state index < -0.39 is 20.1 Å². The maximum absolute atomic E-state index is 12.2. The number of benzene rings is 1. The average molecular weight is 319 g/mol. The van der Waals surface area contributed by atoms with Gasteiger partial charge in [0.05, 0.1) is 17.8 Å². The maximum Gasteiger partial charge on any atom is 0.264 e. The Bertz CT molecular complexity index is 679. The first-order chi connectivity index (χ1) is 9.20. The number of rotatable bonds is 6. The fraction of sp³-hybridized carbons (Fsp3) is 0.500. The van der Waals surface area contributed by atoms with Crippen molar-refractivity contribution in [2.45, 2.75) is 24.3 Å². The summed E-state index contributed by atoms with van der Waals surface area (Å²) in [6.45, 7) is 2.30.